The SMILES string of the molecule is Cc1ccc(NC(=O)N(CCCn2ccnc2)Cc2ccc(F)cc2)cc1. The van der Waals surface area contributed by atoms with E-state index in [2.05, 4.69) is 10.3 Å². The Morgan fingerprint density at radius 1 is 1.15 bits per heavy atom. The number of nitrogens with one attached hydrogen (secondary N) is 1. The third-order valence-corrected chi connectivity index (χ3v) is 4.28. The standard InChI is InChI=1S/C21H23FN4O/c1-17-3-9-20(10-4-17)24-21(27)26(13-2-12-25-14-11-23-16-25)15-18-5-7-19(22)8-6-18/h3-11,14,16H,2,12-13,15H2,1H3,(H,24,27). The van der Waals surface area contributed by atoms with E-state index in [-0.39, 0.29) is 11.8 Å². The Labute approximate surface area is 158 Å². The van der Waals surface area contributed by atoms with Crippen LogP contribution in [0.25, 0.3) is 0 Å². The van der Waals surface area contributed by atoms with E-state index in [0.717, 1.165) is 29.8 Å². The molecule has 1 heterocycles. The normalized spacial score (nSPS) is 10.6. The van der Waals surface area contributed by atoms with E-state index in [1.54, 1.807) is 29.6 Å². The summed E-state index contributed by atoms with van der Waals surface area (Å²) in [5.41, 5.74) is 2.78. The van der Waals surface area contributed by atoms with E-state index in [1.807, 2.05) is 42.0 Å². The summed E-state index contributed by atoms with van der Waals surface area (Å²) in [6.45, 7) is 3.77. The molecule has 5 nitrogen and oxygen atoms in total. The number of benzene rings is 2. The van der Waals surface area contributed by atoms with Crippen molar-refractivity contribution in [3.63, 3.8) is 0 Å². The van der Waals surface area contributed by atoms with Crippen LogP contribution in [0.2, 0.25) is 0 Å². The van der Waals surface area contributed by atoms with E-state index in [4.69, 9.17) is 0 Å². The lowest BCUT2D eigenvalue weighted by Crippen LogP contribution is -2.35. The first kappa shape index (κ1) is 18.6. The van der Waals surface area contributed by atoms with Gasteiger partial charge in [-0.1, -0.05) is 29.8 Å². The predicted octanol–water partition coefficient (Wildman–Crippen LogP) is 4.46. The molecule has 0 spiro atoms. The maximum atomic E-state index is 13.2. The molecule has 0 radical (unpaired) electrons. The summed E-state index contributed by atoms with van der Waals surface area (Å²) in [5, 5.41) is 2.94. The molecule has 0 aliphatic rings. The van der Waals surface area contributed by atoms with E-state index >= 15 is 0 Å². The topological polar surface area (TPSA) is 50.2 Å². The predicted molar refractivity (Wildman–Crippen MR) is 104 cm³/mol. The molecule has 0 aliphatic carbocycles. The van der Waals surface area contributed by atoms with Crippen LogP contribution >= 0.6 is 0 Å². The molecule has 0 unspecified atom stereocenters. The molecule has 0 atom stereocenters. The van der Waals surface area contributed by atoms with Gasteiger partial charge in [-0.3, -0.25) is 0 Å². The number of carbonyl (C=O) groups is 1. The van der Waals surface area contributed by atoms with E-state index in [1.165, 1.54) is 12.1 Å². The van der Waals surface area contributed by atoms with Crippen LogP contribution in [0.15, 0.2) is 67.3 Å². The maximum absolute atomic E-state index is 13.2. The maximum Gasteiger partial charge on any atom is 0.322 e. The molecule has 0 bridgehead atoms. The minimum Gasteiger partial charge on any atom is -0.337 e. The van der Waals surface area contributed by atoms with Crippen molar-refractivity contribution in [3.8, 4) is 0 Å². The highest BCUT2D eigenvalue weighted by atomic mass is 19.1. The zero-order valence-corrected chi connectivity index (χ0v) is 15.3. The van der Waals surface area contributed by atoms with Crippen LogP contribution in [0.1, 0.15) is 17.5 Å². The van der Waals surface area contributed by atoms with Gasteiger partial charge >= 0.3 is 6.03 Å². The van der Waals surface area contributed by atoms with Crippen molar-refractivity contribution in [3.05, 3.63) is 84.2 Å². The molecular formula is C21H23FN4O. The van der Waals surface area contributed by atoms with Crippen LogP contribution < -0.4 is 5.32 Å². The highest BCUT2D eigenvalue weighted by Crippen LogP contribution is 2.13. The Hall–Kier alpha value is -3.15. The van der Waals surface area contributed by atoms with Crippen LogP contribution in [-0.2, 0) is 13.1 Å². The zero-order valence-electron chi connectivity index (χ0n) is 15.3. The Morgan fingerprint density at radius 2 is 1.89 bits per heavy atom. The number of hydrogen-bond acceptors (Lipinski definition) is 2. The van der Waals surface area contributed by atoms with Crippen molar-refractivity contribution in [2.24, 2.45) is 0 Å². The van der Waals surface area contributed by atoms with E-state index in [9.17, 15) is 9.18 Å². The molecule has 1 N–H and O–H groups in total. The fourth-order valence-corrected chi connectivity index (χ4v) is 2.77. The molecule has 3 rings (SSSR count). The van der Waals surface area contributed by atoms with Crippen molar-refractivity contribution in [1.82, 2.24) is 14.5 Å². The number of aromatic nitrogens is 2. The minimum absolute atomic E-state index is 0.172. The first-order valence-electron chi connectivity index (χ1n) is 8.93. The van der Waals surface area contributed by atoms with E-state index in [0.29, 0.717) is 13.1 Å². The molecule has 6 heteroatoms. The lowest BCUT2D eigenvalue weighted by molar-refractivity contribution is 0.207. The van der Waals surface area contributed by atoms with Crippen LogP contribution in [0.3, 0.4) is 0 Å². The van der Waals surface area contributed by atoms with Gasteiger partial charge in [0.1, 0.15) is 5.82 Å². The number of carbonyl (C=O) groups excluding carboxylic acids is 1. The number of hydrogen-bond donors (Lipinski definition) is 1. The smallest absolute Gasteiger partial charge is 0.322 e. The van der Waals surface area contributed by atoms with Gasteiger partial charge in [0, 0.05) is 37.7 Å². The zero-order chi connectivity index (χ0) is 19.1. The first-order valence-corrected chi connectivity index (χ1v) is 8.93. The lowest BCUT2D eigenvalue weighted by atomic mass is 10.2. The second-order valence-corrected chi connectivity index (χ2v) is 6.50. The molecule has 1 aromatic heterocycles. The molecule has 2 amide bonds. The molecule has 0 aliphatic heterocycles. The fourth-order valence-electron chi connectivity index (χ4n) is 2.77. The number of imidazole rings is 1. The third-order valence-electron chi connectivity index (χ3n) is 4.28. The molecule has 0 fully saturated rings. The van der Waals surface area contributed by atoms with Crippen molar-refractivity contribution in [2.45, 2.75) is 26.4 Å². The Balaban J connectivity index is 1.65. The summed E-state index contributed by atoms with van der Waals surface area (Å²) in [6.07, 6.45) is 6.19. The monoisotopic (exact) mass is 366 g/mol. The molecule has 3 aromatic rings. The highest BCUT2D eigenvalue weighted by Gasteiger charge is 2.14. The summed E-state index contributed by atoms with van der Waals surface area (Å²) >= 11 is 0. The summed E-state index contributed by atoms with van der Waals surface area (Å²) in [7, 11) is 0. The van der Waals surface area contributed by atoms with Gasteiger partial charge in [-0.2, -0.15) is 0 Å². The second-order valence-electron chi connectivity index (χ2n) is 6.50. The molecular weight excluding hydrogens is 343 g/mol. The number of anilines is 1. The summed E-state index contributed by atoms with van der Waals surface area (Å²) in [6, 6.07) is 13.7. The molecule has 0 saturated heterocycles. The number of halogens is 1. The summed E-state index contributed by atoms with van der Waals surface area (Å²) in [5.74, 6) is -0.283. The Morgan fingerprint density at radius 3 is 2.56 bits per heavy atom. The van der Waals surface area contributed by atoms with E-state index < -0.39 is 0 Å². The average Bonchev–Trinajstić information content (AvgIpc) is 3.18. The fraction of sp³-hybridized carbons (Fsp3) is 0.238. The van der Waals surface area contributed by atoms with Gasteiger partial charge in [0.05, 0.1) is 6.33 Å². The number of urea groups is 1. The van der Waals surface area contributed by atoms with Crippen molar-refractivity contribution in [1.29, 1.82) is 0 Å². The van der Waals surface area contributed by atoms with Gasteiger partial charge < -0.3 is 14.8 Å². The average molecular weight is 366 g/mol. The lowest BCUT2D eigenvalue weighted by Gasteiger charge is -2.23. The van der Waals surface area contributed by atoms with Crippen molar-refractivity contribution in [2.75, 3.05) is 11.9 Å². The first-order chi connectivity index (χ1) is 13.1. The summed E-state index contributed by atoms with van der Waals surface area (Å²) in [4.78, 5) is 18.6. The van der Waals surface area contributed by atoms with Gasteiger partial charge in [-0.25, -0.2) is 14.2 Å². The van der Waals surface area contributed by atoms with Gasteiger partial charge in [0.2, 0.25) is 0 Å². The summed E-state index contributed by atoms with van der Waals surface area (Å²) < 4.78 is 15.1. The highest BCUT2D eigenvalue weighted by molar-refractivity contribution is 5.89. The molecule has 0 saturated carbocycles. The van der Waals surface area contributed by atoms with Crippen molar-refractivity contribution < 1.29 is 9.18 Å². The quantitative estimate of drug-likeness (QED) is 0.671. The second kappa shape index (κ2) is 8.98. The van der Waals surface area contributed by atoms with Gasteiger partial charge in [0.15, 0.2) is 0 Å². The van der Waals surface area contributed by atoms with Gasteiger partial charge in [0.25, 0.3) is 0 Å². The molecule has 27 heavy (non-hydrogen) atoms. The Kier molecular flexibility index (Phi) is 6.20. The number of amides is 2. The van der Waals surface area contributed by atoms with Gasteiger partial charge in [-0.05, 0) is 43.2 Å². The Bertz CT molecular complexity index is 845. The van der Waals surface area contributed by atoms with Crippen LogP contribution in [0, 0.1) is 12.7 Å². The van der Waals surface area contributed by atoms with Crippen LogP contribution in [0.4, 0.5) is 14.9 Å². The van der Waals surface area contributed by atoms with Crippen LogP contribution in [0.5, 0.6) is 0 Å². The third kappa shape index (κ3) is 5.67. The minimum atomic E-state index is -0.283. The largest absolute Gasteiger partial charge is 0.337 e. The van der Waals surface area contributed by atoms with Crippen LogP contribution in [-0.4, -0.2) is 27.0 Å². The number of aryl methyl sites for hydroxylation is 2. The number of nitrogens with zero attached hydrogens (tertiary/aromatic N) is 3. The number of rotatable bonds is 7. The molecule has 140 valence electrons. The van der Waals surface area contributed by atoms with Crippen molar-refractivity contribution >= 4 is 11.7 Å². The molecule has 2 aromatic carbocycles. The van der Waals surface area contributed by atoms with Gasteiger partial charge in [-0.15, -0.1) is 0 Å².